The monoisotopic (exact) mass is 555 g/mol. The van der Waals surface area contributed by atoms with Gasteiger partial charge in [-0.15, -0.1) is 5.10 Å². The molecule has 0 saturated carbocycles. The number of nitrogens with zero attached hydrogens (tertiary/aromatic N) is 3. The third kappa shape index (κ3) is 9.05. The van der Waals surface area contributed by atoms with Crippen molar-refractivity contribution in [1.29, 1.82) is 0 Å². The molecule has 2 heterocycles. The number of halogens is 4. The van der Waals surface area contributed by atoms with Gasteiger partial charge in [0.2, 0.25) is 11.8 Å². The summed E-state index contributed by atoms with van der Waals surface area (Å²) in [5.41, 5.74) is -2.09. The molecule has 39 heavy (non-hydrogen) atoms. The predicted molar refractivity (Wildman–Crippen MR) is 134 cm³/mol. The van der Waals surface area contributed by atoms with E-state index in [2.05, 4.69) is 20.6 Å². The highest BCUT2D eigenvalue weighted by Gasteiger charge is 2.34. The molecule has 0 unspecified atom stereocenters. The van der Waals surface area contributed by atoms with Crippen molar-refractivity contribution in [3.05, 3.63) is 46.9 Å². The van der Waals surface area contributed by atoms with Gasteiger partial charge in [0.1, 0.15) is 18.1 Å². The van der Waals surface area contributed by atoms with Crippen LogP contribution in [-0.4, -0.2) is 71.1 Å². The van der Waals surface area contributed by atoms with Gasteiger partial charge in [0.15, 0.2) is 5.78 Å². The first-order chi connectivity index (χ1) is 18.4. The van der Waals surface area contributed by atoms with Gasteiger partial charge in [0.05, 0.1) is 18.7 Å². The fourth-order valence-corrected chi connectivity index (χ4v) is 4.18. The number of likely N-dealkylation sites (tertiary alicyclic amines) is 1. The summed E-state index contributed by atoms with van der Waals surface area (Å²) in [5.74, 6) is -3.44. The van der Waals surface area contributed by atoms with Gasteiger partial charge in [-0.25, -0.2) is 9.07 Å². The smallest absolute Gasteiger partial charge is 0.419 e. The molecular weight excluding hydrogens is 522 g/mol. The van der Waals surface area contributed by atoms with Gasteiger partial charge < -0.3 is 20.3 Å². The fourth-order valence-electron chi connectivity index (χ4n) is 4.18. The average molecular weight is 556 g/mol. The Hall–Kier alpha value is -3.48. The van der Waals surface area contributed by atoms with Crippen molar-refractivity contribution >= 4 is 17.6 Å². The maximum atomic E-state index is 13.7. The van der Waals surface area contributed by atoms with E-state index in [0.717, 1.165) is 43.2 Å². The highest BCUT2D eigenvalue weighted by atomic mass is 19.4. The number of piperidine rings is 1. The summed E-state index contributed by atoms with van der Waals surface area (Å²) >= 11 is 0. The summed E-state index contributed by atoms with van der Waals surface area (Å²) in [4.78, 5) is 39.9. The number of Topliss-reactive ketones (excluding diaryl/α,β-unsaturated/α-hetero) is 1. The quantitative estimate of drug-likeness (QED) is 0.236. The van der Waals surface area contributed by atoms with Crippen LogP contribution in [0.15, 0.2) is 24.3 Å². The summed E-state index contributed by atoms with van der Waals surface area (Å²) in [5, 5.41) is 9.21. The second-order valence-electron chi connectivity index (χ2n) is 9.65. The van der Waals surface area contributed by atoms with E-state index in [-0.39, 0.29) is 24.2 Å². The summed E-state index contributed by atoms with van der Waals surface area (Å²) in [7, 11) is 0. The molecule has 0 bridgehead atoms. The van der Waals surface area contributed by atoms with Gasteiger partial charge in [-0.2, -0.15) is 13.2 Å². The zero-order valence-electron chi connectivity index (χ0n) is 21.9. The number of hydrogen-bond acceptors (Lipinski definition) is 6. The molecule has 2 N–H and O–H groups in total. The number of carbonyl (C=O) groups excluding carboxylic acids is 3. The van der Waals surface area contributed by atoms with Crippen molar-refractivity contribution in [2.75, 3.05) is 32.8 Å². The molecule has 214 valence electrons. The molecule has 1 aromatic carbocycles. The Morgan fingerprint density at radius 3 is 2.49 bits per heavy atom. The molecule has 2 amide bonds. The molecule has 0 radical (unpaired) electrons. The van der Waals surface area contributed by atoms with Crippen LogP contribution in [0.2, 0.25) is 0 Å². The molecule has 13 heteroatoms. The van der Waals surface area contributed by atoms with E-state index in [0.29, 0.717) is 25.2 Å². The van der Waals surface area contributed by atoms with Crippen molar-refractivity contribution < 1.29 is 36.7 Å². The Kier molecular flexibility index (Phi) is 10.4. The van der Waals surface area contributed by atoms with E-state index in [1.165, 1.54) is 12.5 Å². The highest BCUT2D eigenvalue weighted by Crippen LogP contribution is 2.32. The van der Waals surface area contributed by atoms with Gasteiger partial charge >= 0.3 is 6.18 Å². The predicted octanol–water partition coefficient (Wildman–Crippen LogP) is 3.43. The largest absolute Gasteiger partial charge is 0.477 e. The zero-order valence-corrected chi connectivity index (χ0v) is 21.9. The Balaban J connectivity index is 1.73. The molecule has 2 aromatic rings. The number of amides is 2. The maximum absolute atomic E-state index is 13.7. The number of rotatable bonds is 12. The van der Waals surface area contributed by atoms with Crippen molar-refractivity contribution in [2.24, 2.45) is 0 Å². The van der Waals surface area contributed by atoms with Gasteiger partial charge in [-0.1, -0.05) is 6.42 Å². The minimum absolute atomic E-state index is 0.0494. The zero-order chi connectivity index (χ0) is 28.6. The van der Waals surface area contributed by atoms with Crippen molar-refractivity contribution in [2.45, 2.75) is 58.3 Å². The first-order valence-corrected chi connectivity index (χ1v) is 12.8. The number of alkyl halides is 3. The van der Waals surface area contributed by atoms with Crippen LogP contribution in [0, 0.1) is 5.82 Å². The van der Waals surface area contributed by atoms with Gasteiger partial charge in [-0.05, 0) is 64.4 Å². The average Bonchev–Trinajstić information content (AvgIpc) is 3.27. The summed E-state index contributed by atoms with van der Waals surface area (Å²) in [6, 6.07) is 3.09. The number of carbonyl (C=O) groups is 3. The van der Waals surface area contributed by atoms with Crippen LogP contribution in [0.25, 0.3) is 0 Å². The fraction of sp³-hybridized carbons (Fsp3) is 0.538. The molecule has 1 aliphatic heterocycles. The number of benzene rings is 1. The second kappa shape index (κ2) is 13.5. The molecule has 1 saturated heterocycles. The summed E-state index contributed by atoms with van der Waals surface area (Å²) in [6.45, 7) is 5.77. The number of nitrogens with one attached hydrogen (secondary N) is 2. The number of aromatic nitrogens is 2. The third-order valence-electron chi connectivity index (χ3n) is 6.05. The lowest BCUT2D eigenvalue weighted by atomic mass is 10.1. The van der Waals surface area contributed by atoms with Crippen LogP contribution in [0.3, 0.4) is 0 Å². The molecule has 0 spiro atoms. The van der Waals surface area contributed by atoms with E-state index in [9.17, 15) is 31.9 Å². The van der Waals surface area contributed by atoms with E-state index in [1.54, 1.807) is 13.8 Å². The SMILES string of the molecule is CC(C)NC(=O)CNC(=O)c1cc(OCCCN2CCCCC2)nn1CC(=O)c1ccc(F)c(C(F)(F)F)c1. The van der Waals surface area contributed by atoms with Crippen molar-refractivity contribution in [1.82, 2.24) is 25.3 Å². The van der Waals surface area contributed by atoms with Crippen LogP contribution < -0.4 is 15.4 Å². The van der Waals surface area contributed by atoms with Crippen LogP contribution >= 0.6 is 0 Å². The Morgan fingerprint density at radius 1 is 1.10 bits per heavy atom. The lowest BCUT2D eigenvalue weighted by molar-refractivity contribution is -0.140. The molecule has 3 rings (SSSR count). The molecule has 1 aliphatic rings. The van der Waals surface area contributed by atoms with Gasteiger partial charge in [0, 0.05) is 24.2 Å². The maximum Gasteiger partial charge on any atom is 0.419 e. The van der Waals surface area contributed by atoms with Crippen molar-refractivity contribution in [3.63, 3.8) is 0 Å². The van der Waals surface area contributed by atoms with E-state index < -0.39 is 47.3 Å². The minimum atomic E-state index is -4.98. The molecule has 9 nitrogen and oxygen atoms in total. The lowest BCUT2D eigenvalue weighted by Gasteiger charge is -2.26. The second-order valence-corrected chi connectivity index (χ2v) is 9.65. The van der Waals surface area contributed by atoms with Crippen molar-refractivity contribution in [3.8, 4) is 5.88 Å². The van der Waals surface area contributed by atoms with Crippen LogP contribution in [0.1, 0.15) is 65.9 Å². The van der Waals surface area contributed by atoms with Crippen LogP contribution in [-0.2, 0) is 17.5 Å². The number of ether oxygens (including phenoxy) is 1. The van der Waals surface area contributed by atoms with Gasteiger partial charge in [0.25, 0.3) is 5.91 Å². The van der Waals surface area contributed by atoms with Crippen LogP contribution in [0.5, 0.6) is 5.88 Å². The Labute approximate surface area is 223 Å². The molecular formula is C26H33F4N5O4. The molecule has 1 fully saturated rings. The lowest BCUT2D eigenvalue weighted by Crippen LogP contribution is -2.40. The normalized spacial score (nSPS) is 14.3. The van der Waals surface area contributed by atoms with E-state index in [4.69, 9.17) is 4.74 Å². The first kappa shape index (κ1) is 30.1. The van der Waals surface area contributed by atoms with Gasteiger partial charge in [-0.3, -0.25) is 14.4 Å². The first-order valence-electron chi connectivity index (χ1n) is 12.8. The summed E-state index contributed by atoms with van der Waals surface area (Å²) < 4.78 is 59.7. The molecule has 1 aromatic heterocycles. The van der Waals surface area contributed by atoms with Crippen LogP contribution in [0.4, 0.5) is 17.6 Å². The Bertz CT molecular complexity index is 1160. The summed E-state index contributed by atoms with van der Waals surface area (Å²) in [6.07, 6.45) is -0.735. The highest BCUT2D eigenvalue weighted by molar-refractivity contribution is 5.98. The third-order valence-corrected chi connectivity index (χ3v) is 6.05. The molecule has 0 aliphatic carbocycles. The Morgan fingerprint density at radius 2 is 1.82 bits per heavy atom. The number of ketones is 1. The minimum Gasteiger partial charge on any atom is -0.477 e. The molecule has 0 atom stereocenters. The van der Waals surface area contributed by atoms with E-state index >= 15 is 0 Å². The standard InChI is InChI=1S/C26H33F4N5O4/c1-17(2)32-23(37)15-31-25(38)21-14-24(39-12-6-11-34-9-4-3-5-10-34)33-35(21)16-22(36)18-7-8-20(27)19(13-18)26(28,29)30/h7-8,13-14,17H,3-6,9-12,15-16H2,1-2H3,(H,31,38)(H,32,37). The number of hydrogen-bond donors (Lipinski definition) is 2. The van der Waals surface area contributed by atoms with E-state index in [1.807, 2.05) is 0 Å². The topological polar surface area (TPSA) is 106 Å².